The van der Waals surface area contributed by atoms with Crippen molar-refractivity contribution in [3.8, 4) is 11.5 Å². The summed E-state index contributed by atoms with van der Waals surface area (Å²) >= 11 is 1.26. The number of hydrogen-bond donors (Lipinski definition) is 2. The molecule has 1 aromatic heterocycles. The lowest BCUT2D eigenvalue weighted by atomic mass is 9.94. The summed E-state index contributed by atoms with van der Waals surface area (Å²) in [5.41, 5.74) is 11.2. The average molecular weight is 383 g/mol. The Hall–Kier alpha value is -2.26. The van der Waals surface area contributed by atoms with Gasteiger partial charge in [0.05, 0.1) is 17.8 Å². The van der Waals surface area contributed by atoms with Gasteiger partial charge in [-0.2, -0.15) is 8.75 Å². The van der Waals surface area contributed by atoms with Gasteiger partial charge in [-0.1, -0.05) is 12.1 Å². The number of hydrazine groups is 1. The van der Waals surface area contributed by atoms with Crippen LogP contribution in [0.2, 0.25) is 0 Å². The van der Waals surface area contributed by atoms with Gasteiger partial charge in [0.15, 0.2) is 11.5 Å². The van der Waals surface area contributed by atoms with Crippen molar-refractivity contribution in [2.24, 2.45) is 5.92 Å². The third-order valence-electron chi connectivity index (χ3n) is 5.17. The maximum absolute atomic E-state index is 5.53. The highest BCUT2D eigenvalue weighted by Gasteiger charge is 2.30. The van der Waals surface area contributed by atoms with E-state index in [1.807, 2.05) is 6.07 Å². The van der Waals surface area contributed by atoms with Crippen molar-refractivity contribution in [1.29, 1.82) is 0 Å². The first kappa shape index (κ1) is 16.9. The van der Waals surface area contributed by atoms with Crippen molar-refractivity contribution >= 4 is 22.8 Å². The van der Waals surface area contributed by atoms with Crippen molar-refractivity contribution in [3.63, 3.8) is 0 Å². The molecule has 2 aliphatic heterocycles. The predicted molar refractivity (Wildman–Crippen MR) is 104 cm³/mol. The molecule has 2 N–H and O–H groups in total. The van der Waals surface area contributed by atoms with E-state index in [0.717, 1.165) is 42.2 Å². The second kappa shape index (κ2) is 7.05. The number of hydrogen-bond acceptors (Lipinski definition) is 8. The van der Waals surface area contributed by atoms with Gasteiger partial charge in [-0.25, -0.2) is 5.43 Å². The molecule has 0 radical (unpaired) electrons. The van der Waals surface area contributed by atoms with E-state index in [4.69, 9.17) is 9.47 Å². The highest BCUT2D eigenvalue weighted by atomic mass is 32.1. The van der Waals surface area contributed by atoms with Crippen molar-refractivity contribution in [2.75, 3.05) is 26.9 Å². The van der Waals surface area contributed by atoms with Crippen LogP contribution in [0, 0.1) is 5.92 Å². The van der Waals surface area contributed by atoms with Gasteiger partial charge >= 0.3 is 0 Å². The molecule has 27 heavy (non-hydrogen) atoms. The summed E-state index contributed by atoms with van der Waals surface area (Å²) in [6.07, 6.45) is 0. The first-order chi connectivity index (χ1) is 13.3. The second-order valence-corrected chi connectivity index (χ2v) is 7.69. The van der Waals surface area contributed by atoms with Crippen LogP contribution in [0.1, 0.15) is 17.2 Å². The quantitative estimate of drug-likeness (QED) is 0.701. The lowest BCUT2D eigenvalue weighted by Gasteiger charge is -2.25. The van der Waals surface area contributed by atoms with Gasteiger partial charge in [-0.05, 0) is 42.4 Å². The second-order valence-electron chi connectivity index (χ2n) is 7.16. The zero-order valence-electron chi connectivity index (χ0n) is 15.0. The Kier molecular flexibility index (Phi) is 4.41. The van der Waals surface area contributed by atoms with Crippen LogP contribution in [0.25, 0.3) is 11.0 Å². The first-order valence-corrected chi connectivity index (χ1v) is 9.77. The Morgan fingerprint density at radius 3 is 2.96 bits per heavy atom. The summed E-state index contributed by atoms with van der Waals surface area (Å²) in [5, 5.41) is 0. The third kappa shape index (κ3) is 3.37. The van der Waals surface area contributed by atoms with E-state index in [1.165, 1.54) is 22.9 Å². The minimum absolute atomic E-state index is 0.243. The minimum atomic E-state index is 0.243. The van der Waals surface area contributed by atoms with Crippen molar-refractivity contribution in [1.82, 2.24) is 24.5 Å². The smallest absolute Gasteiger partial charge is 0.231 e. The van der Waals surface area contributed by atoms with Gasteiger partial charge in [0.1, 0.15) is 11.0 Å². The molecule has 2 unspecified atom stereocenters. The fraction of sp³-hybridized carbons (Fsp3) is 0.368. The van der Waals surface area contributed by atoms with E-state index >= 15 is 0 Å². The number of nitrogens with zero attached hydrogens (tertiary/aromatic N) is 3. The standard InChI is InChI=1S/C19H21N5O2S/c1-24(9-12-2-4-15-16(6-12)23-27-22-15)10-14-8-20-21-19(14)13-3-5-17-18(7-13)26-11-25-17/h2-7,14,19-21H,8-11H2,1H3. The van der Waals surface area contributed by atoms with Crippen LogP contribution in [0.3, 0.4) is 0 Å². The van der Waals surface area contributed by atoms with Gasteiger partial charge in [0.2, 0.25) is 6.79 Å². The molecule has 2 atom stereocenters. The fourth-order valence-corrected chi connectivity index (χ4v) is 4.39. The lowest BCUT2D eigenvalue weighted by Crippen LogP contribution is -2.30. The Labute approximate surface area is 161 Å². The monoisotopic (exact) mass is 383 g/mol. The molecule has 0 saturated carbocycles. The number of ether oxygens (including phenoxy) is 2. The number of aromatic nitrogens is 2. The van der Waals surface area contributed by atoms with Crippen LogP contribution in [-0.4, -0.2) is 40.6 Å². The molecule has 2 aromatic carbocycles. The average Bonchev–Trinajstić information content (AvgIpc) is 3.40. The van der Waals surface area contributed by atoms with Crippen molar-refractivity contribution in [2.45, 2.75) is 12.6 Å². The van der Waals surface area contributed by atoms with E-state index in [1.54, 1.807) is 0 Å². The summed E-state index contributed by atoms with van der Waals surface area (Å²) in [7, 11) is 2.17. The van der Waals surface area contributed by atoms with E-state index < -0.39 is 0 Å². The molecule has 0 bridgehead atoms. The summed E-state index contributed by atoms with van der Waals surface area (Å²) in [6.45, 7) is 3.10. The van der Waals surface area contributed by atoms with E-state index in [0.29, 0.717) is 12.7 Å². The molecule has 2 aliphatic rings. The Balaban J connectivity index is 1.27. The summed E-state index contributed by atoms with van der Waals surface area (Å²) in [6, 6.07) is 12.8. The van der Waals surface area contributed by atoms with Crippen LogP contribution in [0.5, 0.6) is 11.5 Å². The minimum Gasteiger partial charge on any atom is -0.454 e. The number of rotatable bonds is 5. The van der Waals surface area contributed by atoms with Gasteiger partial charge < -0.3 is 14.4 Å². The molecule has 5 rings (SSSR count). The van der Waals surface area contributed by atoms with E-state index in [-0.39, 0.29) is 6.04 Å². The van der Waals surface area contributed by atoms with Crippen LogP contribution in [0.15, 0.2) is 36.4 Å². The van der Waals surface area contributed by atoms with E-state index in [9.17, 15) is 0 Å². The van der Waals surface area contributed by atoms with Gasteiger partial charge in [0, 0.05) is 25.6 Å². The predicted octanol–water partition coefficient (Wildman–Crippen LogP) is 2.32. The molecule has 1 saturated heterocycles. The molecule has 3 aromatic rings. The van der Waals surface area contributed by atoms with Gasteiger partial charge in [-0.15, -0.1) is 0 Å². The summed E-state index contributed by atoms with van der Waals surface area (Å²) < 4.78 is 19.6. The molecule has 1 fully saturated rings. The number of nitrogens with one attached hydrogen (secondary N) is 2. The van der Waals surface area contributed by atoms with Crippen molar-refractivity contribution < 1.29 is 9.47 Å². The molecule has 140 valence electrons. The summed E-state index contributed by atoms with van der Waals surface area (Å²) in [5.74, 6) is 2.11. The van der Waals surface area contributed by atoms with Gasteiger partial charge in [-0.3, -0.25) is 5.43 Å². The van der Waals surface area contributed by atoms with Crippen LogP contribution in [0.4, 0.5) is 0 Å². The molecule has 7 nitrogen and oxygen atoms in total. The van der Waals surface area contributed by atoms with Crippen LogP contribution in [-0.2, 0) is 6.54 Å². The Bertz CT molecular complexity index is 962. The molecular weight excluding hydrogens is 362 g/mol. The number of fused-ring (bicyclic) bond motifs is 2. The Morgan fingerprint density at radius 2 is 2.00 bits per heavy atom. The summed E-state index contributed by atoms with van der Waals surface area (Å²) in [4.78, 5) is 2.36. The van der Waals surface area contributed by atoms with Crippen LogP contribution >= 0.6 is 11.7 Å². The Morgan fingerprint density at radius 1 is 1.11 bits per heavy atom. The first-order valence-electron chi connectivity index (χ1n) is 9.04. The zero-order valence-corrected chi connectivity index (χ0v) is 15.8. The van der Waals surface area contributed by atoms with Crippen molar-refractivity contribution in [3.05, 3.63) is 47.5 Å². The van der Waals surface area contributed by atoms with Gasteiger partial charge in [0.25, 0.3) is 0 Å². The normalized spacial score (nSPS) is 21.4. The van der Waals surface area contributed by atoms with E-state index in [2.05, 4.69) is 61.9 Å². The van der Waals surface area contributed by atoms with Crippen LogP contribution < -0.4 is 20.3 Å². The lowest BCUT2D eigenvalue weighted by molar-refractivity contribution is 0.174. The maximum atomic E-state index is 5.53. The number of benzene rings is 2. The molecule has 0 amide bonds. The molecule has 0 aliphatic carbocycles. The molecular formula is C19H21N5O2S. The zero-order chi connectivity index (χ0) is 18.2. The topological polar surface area (TPSA) is 71.5 Å². The fourth-order valence-electron chi connectivity index (χ4n) is 3.87. The highest BCUT2D eigenvalue weighted by Crippen LogP contribution is 2.36. The largest absolute Gasteiger partial charge is 0.454 e. The SMILES string of the molecule is CN(Cc1ccc2nsnc2c1)CC1CNNC1c1ccc2c(c1)OCO2. The molecule has 8 heteroatoms. The highest BCUT2D eigenvalue weighted by molar-refractivity contribution is 7.00. The maximum Gasteiger partial charge on any atom is 0.231 e. The molecule has 3 heterocycles. The third-order valence-corrected chi connectivity index (χ3v) is 5.72. The molecule has 0 spiro atoms.